The number of oxime groups is 1. The third kappa shape index (κ3) is 39.9. The Labute approximate surface area is 320 Å². The molecule has 0 N–H and O–H groups in total. The van der Waals surface area contributed by atoms with Gasteiger partial charge in [0.25, 0.3) is 0 Å². The number of esters is 1. The molecule has 51 heavy (non-hydrogen) atoms. The zero-order chi connectivity index (χ0) is 37.1. The highest BCUT2D eigenvalue weighted by Gasteiger charge is 2.14. The summed E-state index contributed by atoms with van der Waals surface area (Å²) < 4.78 is 6.07. The summed E-state index contributed by atoms with van der Waals surface area (Å²) in [5.41, 5.74) is 0. The molecule has 0 aromatic rings. The number of carbonyl (C=O) groups excluding carboxylic acids is 1. The van der Waals surface area contributed by atoms with Crippen LogP contribution in [0.5, 0.6) is 0 Å². The molecule has 0 aromatic heterocycles. The van der Waals surface area contributed by atoms with E-state index in [4.69, 9.17) is 9.57 Å². The van der Waals surface area contributed by atoms with E-state index < -0.39 is 0 Å². The molecule has 0 saturated carbocycles. The van der Waals surface area contributed by atoms with Crippen LogP contribution in [0, 0.1) is 0 Å². The summed E-state index contributed by atoms with van der Waals surface area (Å²) in [6.45, 7) is 10.4. The SMILES string of the molecule is CCCCCCCCCCCCCCCCN(CCC/C=N/OC)CCCCCCCC(=O)OC(CCCCCCCC)CCCCCCCC. The molecule has 0 rings (SSSR count). The fraction of sp³-hybridized carbons (Fsp3) is 0.957. The zero-order valence-corrected chi connectivity index (χ0v) is 35.4. The van der Waals surface area contributed by atoms with Crippen molar-refractivity contribution in [1.82, 2.24) is 4.90 Å². The van der Waals surface area contributed by atoms with Crippen LogP contribution in [0.1, 0.15) is 252 Å². The molecule has 0 aliphatic rings. The second kappa shape index (κ2) is 43.3. The van der Waals surface area contributed by atoms with Crippen molar-refractivity contribution in [1.29, 1.82) is 0 Å². The van der Waals surface area contributed by atoms with Crippen molar-refractivity contribution in [2.24, 2.45) is 5.16 Å². The van der Waals surface area contributed by atoms with E-state index in [1.807, 2.05) is 6.21 Å². The molecule has 0 heterocycles. The molecule has 0 bridgehead atoms. The molecule has 0 atom stereocenters. The first-order valence-electron chi connectivity index (χ1n) is 23.1. The summed E-state index contributed by atoms with van der Waals surface area (Å²) in [6.07, 6.45) is 48.1. The monoisotopic (exact) mass is 721 g/mol. The molecule has 0 aliphatic carbocycles. The third-order valence-electron chi connectivity index (χ3n) is 10.7. The molecule has 0 unspecified atom stereocenters. The second-order valence-electron chi connectivity index (χ2n) is 15.8. The molecular formula is C46H92N2O3. The molecule has 0 spiro atoms. The Bertz CT molecular complexity index is 684. The van der Waals surface area contributed by atoms with Crippen LogP contribution in [0.4, 0.5) is 0 Å². The first-order valence-corrected chi connectivity index (χ1v) is 23.1. The zero-order valence-electron chi connectivity index (χ0n) is 35.4. The Morgan fingerprint density at radius 3 is 1.25 bits per heavy atom. The maximum absolute atomic E-state index is 12.8. The molecule has 0 radical (unpaired) electrons. The fourth-order valence-corrected chi connectivity index (χ4v) is 7.35. The van der Waals surface area contributed by atoms with Crippen molar-refractivity contribution in [3.8, 4) is 0 Å². The highest BCUT2D eigenvalue weighted by atomic mass is 16.6. The van der Waals surface area contributed by atoms with Crippen molar-refractivity contribution < 1.29 is 14.4 Å². The van der Waals surface area contributed by atoms with Gasteiger partial charge in [-0.3, -0.25) is 4.79 Å². The van der Waals surface area contributed by atoms with E-state index in [-0.39, 0.29) is 12.1 Å². The quantitative estimate of drug-likeness (QED) is 0.0272. The van der Waals surface area contributed by atoms with Gasteiger partial charge in [0.05, 0.1) is 0 Å². The van der Waals surface area contributed by atoms with Gasteiger partial charge in [0.1, 0.15) is 13.2 Å². The van der Waals surface area contributed by atoms with Crippen LogP contribution in [0.2, 0.25) is 0 Å². The van der Waals surface area contributed by atoms with Crippen molar-refractivity contribution in [2.45, 2.75) is 258 Å². The number of hydrogen-bond donors (Lipinski definition) is 0. The third-order valence-corrected chi connectivity index (χ3v) is 10.7. The van der Waals surface area contributed by atoms with Gasteiger partial charge in [-0.05, 0) is 77.4 Å². The van der Waals surface area contributed by atoms with E-state index in [0.29, 0.717) is 6.42 Å². The lowest BCUT2D eigenvalue weighted by Crippen LogP contribution is -2.27. The lowest BCUT2D eigenvalue weighted by atomic mass is 10.0. The van der Waals surface area contributed by atoms with Gasteiger partial charge in [-0.1, -0.05) is 193 Å². The summed E-state index contributed by atoms with van der Waals surface area (Å²) in [5.74, 6) is 0.0494. The average Bonchev–Trinajstić information content (AvgIpc) is 3.13. The van der Waals surface area contributed by atoms with E-state index >= 15 is 0 Å². The Balaban J connectivity index is 4.19. The van der Waals surface area contributed by atoms with Gasteiger partial charge in [-0.25, -0.2) is 0 Å². The molecule has 0 aliphatic heterocycles. The van der Waals surface area contributed by atoms with Gasteiger partial charge in [-0.15, -0.1) is 0 Å². The van der Waals surface area contributed by atoms with Gasteiger partial charge in [-0.2, -0.15) is 0 Å². The topological polar surface area (TPSA) is 51.1 Å². The van der Waals surface area contributed by atoms with Gasteiger partial charge in [0, 0.05) is 12.6 Å². The summed E-state index contributed by atoms with van der Waals surface area (Å²) in [4.78, 5) is 20.3. The predicted octanol–water partition coefficient (Wildman–Crippen LogP) is 14.9. The van der Waals surface area contributed by atoms with Crippen LogP contribution < -0.4 is 0 Å². The maximum atomic E-state index is 12.8. The number of carbonyl (C=O) groups is 1. The van der Waals surface area contributed by atoms with E-state index in [9.17, 15) is 4.79 Å². The Hall–Kier alpha value is -1.10. The Morgan fingerprint density at radius 1 is 0.490 bits per heavy atom. The number of ether oxygens (including phenoxy) is 1. The lowest BCUT2D eigenvalue weighted by molar-refractivity contribution is -0.150. The van der Waals surface area contributed by atoms with Gasteiger partial charge >= 0.3 is 5.97 Å². The maximum Gasteiger partial charge on any atom is 0.306 e. The predicted molar refractivity (Wildman–Crippen MR) is 225 cm³/mol. The largest absolute Gasteiger partial charge is 0.462 e. The summed E-state index contributed by atoms with van der Waals surface area (Å²) >= 11 is 0. The molecule has 5 heteroatoms. The van der Waals surface area contributed by atoms with Crippen molar-refractivity contribution in [3.05, 3.63) is 0 Å². The minimum Gasteiger partial charge on any atom is -0.462 e. The van der Waals surface area contributed by atoms with E-state index in [1.165, 1.54) is 199 Å². The molecular weight excluding hydrogens is 629 g/mol. The first kappa shape index (κ1) is 49.9. The number of nitrogens with zero attached hydrogens (tertiary/aromatic N) is 2. The van der Waals surface area contributed by atoms with Crippen molar-refractivity contribution in [2.75, 3.05) is 26.7 Å². The Morgan fingerprint density at radius 2 is 0.843 bits per heavy atom. The van der Waals surface area contributed by atoms with Crippen LogP contribution in [-0.2, 0) is 14.4 Å². The second-order valence-corrected chi connectivity index (χ2v) is 15.8. The van der Waals surface area contributed by atoms with Crippen LogP contribution in [-0.4, -0.2) is 49.9 Å². The molecule has 304 valence electrons. The van der Waals surface area contributed by atoms with Crippen molar-refractivity contribution >= 4 is 12.2 Å². The van der Waals surface area contributed by atoms with Gasteiger partial charge in [0.2, 0.25) is 0 Å². The van der Waals surface area contributed by atoms with Crippen LogP contribution in [0.3, 0.4) is 0 Å². The van der Waals surface area contributed by atoms with Gasteiger partial charge < -0.3 is 14.5 Å². The standard InChI is InChI=1S/C46H92N2O3/c1-5-8-11-14-17-18-19-20-21-22-23-24-29-35-42-48(44-37-34-41-47-50-4)43-36-30-25-28-33-40-46(49)51-45(38-31-26-15-12-9-6-2)39-32-27-16-13-10-7-3/h41,45H,5-40,42-44H2,1-4H3/b47-41+. The molecule has 0 saturated heterocycles. The minimum absolute atomic E-state index is 0.0494. The highest BCUT2D eigenvalue weighted by molar-refractivity contribution is 5.69. The smallest absolute Gasteiger partial charge is 0.306 e. The van der Waals surface area contributed by atoms with E-state index in [1.54, 1.807) is 7.11 Å². The number of unbranched alkanes of at least 4 members (excludes halogenated alkanes) is 28. The van der Waals surface area contributed by atoms with Gasteiger partial charge in [0.15, 0.2) is 0 Å². The number of hydrogen-bond acceptors (Lipinski definition) is 5. The molecule has 0 aromatic carbocycles. The van der Waals surface area contributed by atoms with E-state index in [0.717, 1.165) is 45.1 Å². The van der Waals surface area contributed by atoms with E-state index in [2.05, 4.69) is 30.8 Å². The molecule has 0 fully saturated rings. The average molecular weight is 721 g/mol. The molecule has 0 amide bonds. The first-order chi connectivity index (χ1) is 25.2. The normalized spacial score (nSPS) is 11.8. The van der Waals surface area contributed by atoms with Crippen LogP contribution >= 0.6 is 0 Å². The van der Waals surface area contributed by atoms with Crippen molar-refractivity contribution in [3.63, 3.8) is 0 Å². The minimum atomic E-state index is 0.0494. The summed E-state index contributed by atoms with van der Waals surface area (Å²) in [7, 11) is 1.62. The number of rotatable bonds is 43. The van der Waals surface area contributed by atoms with Crippen LogP contribution in [0.15, 0.2) is 5.16 Å². The highest BCUT2D eigenvalue weighted by Crippen LogP contribution is 2.19. The van der Waals surface area contributed by atoms with Crippen LogP contribution in [0.25, 0.3) is 0 Å². The molecule has 5 nitrogen and oxygen atoms in total. The summed E-state index contributed by atoms with van der Waals surface area (Å²) in [6, 6.07) is 0. The summed E-state index contributed by atoms with van der Waals surface area (Å²) in [5, 5.41) is 3.92. The Kier molecular flexibility index (Phi) is 42.4. The fourth-order valence-electron chi connectivity index (χ4n) is 7.35. The lowest BCUT2D eigenvalue weighted by Gasteiger charge is -2.22.